The number of nitrogens with one attached hydrogen (secondary N) is 1. The number of phenolic OH excluding ortho intramolecular Hbond substituents is 1. The Bertz CT molecular complexity index is 390. The fourth-order valence-electron chi connectivity index (χ4n) is 1.66. The Morgan fingerprint density at radius 1 is 1.21 bits per heavy atom. The van der Waals surface area contributed by atoms with Gasteiger partial charge in [0, 0.05) is 10.9 Å². The van der Waals surface area contributed by atoms with E-state index >= 15 is 0 Å². The molecule has 0 aliphatic carbocycles. The van der Waals surface area contributed by atoms with Crippen LogP contribution in [0.25, 0.3) is 0 Å². The number of phenols is 1. The van der Waals surface area contributed by atoms with Gasteiger partial charge in [-0.25, -0.2) is 0 Å². The minimum Gasteiger partial charge on any atom is -0.508 e. The van der Waals surface area contributed by atoms with E-state index in [2.05, 4.69) is 19.2 Å². The molecule has 1 unspecified atom stereocenters. The Balaban J connectivity index is 2.25. The van der Waals surface area contributed by atoms with Crippen LogP contribution in [-0.4, -0.2) is 22.8 Å². The van der Waals surface area contributed by atoms with E-state index in [0.29, 0.717) is 11.7 Å². The number of carbonyl (C=O) groups is 1. The Morgan fingerprint density at radius 2 is 1.84 bits per heavy atom. The van der Waals surface area contributed by atoms with Gasteiger partial charge in [0.2, 0.25) is 5.91 Å². The highest BCUT2D eigenvalue weighted by molar-refractivity contribution is 8.00. The second kappa shape index (κ2) is 8.10. The molecule has 1 aromatic carbocycles. The molecule has 1 rings (SSSR count). The van der Waals surface area contributed by atoms with Crippen molar-refractivity contribution in [2.45, 2.75) is 44.6 Å². The minimum absolute atomic E-state index is 0.0642. The molecule has 1 atom stereocenters. The number of aromatic hydroxyl groups is 1. The van der Waals surface area contributed by atoms with E-state index in [9.17, 15) is 4.79 Å². The average Bonchev–Trinajstić information content (AvgIpc) is 2.36. The molecular formula is C15H23NO2S. The van der Waals surface area contributed by atoms with Gasteiger partial charge in [-0.3, -0.25) is 4.79 Å². The van der Waals surface area contributed by atoms with Crippen molar-refractivity contribution in [1.29, 1.82) is 0 Å². The lowest BCUT2D eigenvalue weighted by Crippen LogP contribution is -2.33. The van der Waals surface area contributed by atoms with Crippen LogP contribution in [0.4, 0.5) is 0 Å². The highest BCUT2D eigenvalue weighted by Crippen LogP contribution is 2.20. The molecule has 0 bridgehead atoms. The lowest BCUT2D eigenvalue weighted by Gasteiger charge is -2.14. The second-order valence-electron chi connectivity index (χ2n) is 5.22. The quantitative estimate of drug-likeness (QED) is 0.753. The van der Waals surface area contributed by atoms with Crippen molar-refractivity contribution < 1.29 is 9.90 Å². The molecule has 0 spiro atoms. The van der Waals surface area contributed by atoms with Crippen molar-refractivity contribution in [1.82, 2.24) is 5.32 Å². The van der Waals surface area contributed by atoms with Gasteiger partial charge in [0.05, 0.1) is 5.75 Å². The number of amides is 1. The molecule has 4 heteroatoms. The van der Waals surface area contributed by atoms with Gasteiger partial charge in [0.15, 0.2) is 0 Å². The standard InChI is InChI=1S/C15H23NO2S/c1-11(2)4-5-12(3)16-15(18)10-19-14-8-6-13(17)7-9-14/h6-9,11-12,17H,4-5,10H2,1-3H3,(H,16,18). The van der Waals surface area contributed by atoms with E-state index in [1.807, 2.05) is 19.1 Å². The molecule has 0 fully saturated rings. The number of hydrogen-bond acceptors (Lipinski definition) is 3. The van der Waals surface area contributed by atoms with Gasteiger partial charge < -0.3 is 10.4 Å². The molecule has 0 saturated heterocycles. The van der Waals surface area contributed by atoms with Gasteiger partial charge in [0.1, 0.15) is 5.75 Å². The van der Waals surface area contributed by atoms with Gasteiger partial charge in [-0.1, -0.05) is 13.8 Å². The van der Waals surface area contributed by atoms with Gasteiger partial charge in [-0.2, -0.15) is 0 Å². The first-order valence-corrected chi connectivity index (χ1v) is 7.67. The molecule has 2 N–H and O–H groups in total. The van der Waals surface area contributed by atoms with Crippen LogP contribution >= 0.6 is 11.8 Å². The maximum absolute atomic E-state index is 11.8. The van der Waals surface area contributed by atoms with E-state index in [4.69, 9.17) is 5.11 Å². The van der Waals surface area contributed by atoms with Crippen LogP contribution < -0.4 is 5.32 Å². The maximum atomic E-state index is 11.8. The molecule has 0 heterocycles. The third kappa shape index (κ3) is 7.11. The highest BCUT2D eigenvalue weighted by atomic mass is 32.2. The highest BCUT2D eigenvalue weighted by Gasteiger charge is 2.08. The summed E-state index contributed by atoms with van der Waals surface area (Å²) >= 11 is 1.48. The summed E-state index contributed by atoms with van der Waals surface area (Å²) in [6, 6.07) is 7.12. The first-order valence-electron chi connectivity index (χ1n) is 6.68. The number of benzene rings is 1. The Hall–Kier alpha value is -1.16. The normalized spacial score (nSPS) is 12.4. The van der Waals surface area contributed by atoms with Gasteiger partial charge in [0.25, 0.3) is 0 Å². The third-order valence-electron chi connectivity index (χ3n) is 2.79. The van der Waals surface area contributed by atoms with Crippen molar-refractivity contribution >= 4 is 17.7 Å². The summed E-state index contributed by atoms with van der Waals surface area (Å²) in [7, 11) is 0. The van der Waals surface area contributed by atoms with E-state index in [0.717, 1.165) is 17.7 Å². The van der Waals surface area contributed by atoms with Crippen LogP contribution in [0.1, 0.15) is 33.6 Å². The molecule has 106 valence electrons. The summed E-state index contributed by atoms with van der Waals surface area (Å²) in [5.74, 6) is 1.40. The summed E-state index contributed by atoms with van der Waals surface area (Å²) in [4.78, 5) is 12.7. The predicted molar refractivity (Wildman–Crippen MR) is 80.5 cm³/mol. The molecule has 1 aromatic rings. The molecule has 3 nitrogen and oxygen atoms in total. The van der Waals surface area contributed by atoms with Crippen LogP contribution in [0, 0.1) is 5.92 Å². The van der Waals surface area contributed by atoms with E-state index in [1.165, 1.54) is 11.8 Å². The largest absolute Gasteiger partial charge is 0.508 e. The topological polar surface area (TPSA) is 49.3 Å². The zero-order valence-electron chi connectivity index (χ0n) is 11.8. The lowest BCUT2D eigenvalue weighted by atomic mass is 10.0. The SMILES string of the molecule is CC(C)CCC(C)NC(=O)CSc1ccc(O)cc1. The molecule has 1 amide bonds. The number of thioether (sulfide) groups is 1. The van der Waals surface area contributed by atoms with Crippen molar-refractivity contribution in [3.63, 3.8) is 0 Å². The number of rotatable bonds is 7. The van der Waals surface area contributed by atoms with Gasteiger partial charge >= 0.3 is 0 Å². The van der Waals surface area contributed by atoms with Gasteiger partial charge in [-0.05, 0) is 49.9 Å². The summed E-state index contributed by atoms with van der Waals surface area (Å²) < 4.78 is 0. The third-order valence-corrected chi connectivity index (χ3v) is 3.80. The van der Waals surface area contributed by atoms with Crippen LogP contribution in [0.3, 0.4) is 0 Å². The van der Waals surface area contributed by atoms with E-state index in [1.54, 1.807) is 12.1 Å². The van der Waals surface area contributed by atoms with Crippen molar-refractivity contribution in [2.24, 2.45) is 5.92 Å². The maximum Gasteiger partial charge on any atom is 0.230 e. The molecule has 0 saturated carbocycles. The van der Waals surface area contributed by atoms with Gasteiger partial charge in [-0.15, -0.1) is 11.8 Å². The van der Waals surface area contributed by atoms with Crippen LogP contribution in [0.5, 0.6) is 5.75 Å². The number of hydrogen-bond donors (Lipinski definition) is 2. The monoisotopic (exact) mass is 281 g/mol. The molecular weight excluding hydrogens is 258 g/mol. The summed E-state index contributed by atoms with van der Waals surface area (Å²) in [5, 5.41) is 12.2. The van der Waals surface area contributed by atoms with E-state index < -0.39 is 0 Å². The summed E-state index contributed by atoms with van der Waals surface area (Å²) in [5.41, 5.74) is 0. The van der Waals surface area contributed by atoms with Crippen molar-refractivity contribution in [3.8, 4) is 5.75 Å². The van der Waals surface area contributed by atoms with E-state index in [-0.39, 0.29) is 17.7 Å². The average molecular weight is 281 g/mol. The van der Waals surface area contributed by atoms with Crippen LogP contribution in [0.2, 0.25) is 0 Å². The Morgan fingerprint density at radius 3 is 2.42 bits per heavy atom. The van der Waals surface area contributed by atoms with Crippen LogP contribution in [-0.2, 0) is 4.79 Å². The molecule has 0 radical (unpaired) electrons. The van der Waals surface area contributed by atoms with Crippen molar-refractivity contribution in [2.75, 3.05) is 5.75 Å². The predicted octanol–water partition coefficient (Wildman–Crippen LogP) is 3.43. The smallest absolute Gasteiger partial charge is 0.230 e. The first-order chi connectivity index (χ1) is 8.97. The second-order valence-corrected chi connectivity index (χ2v) is 6.27. The summed E-state index contributed by atoms with van der Waals surface area (Å²) in [6.45, 7) is 6.43. The van der Waals surface area contributed by atoms with Crippen molar-refractivity contribution in [3.05, 3.63) is 24.3 Å². The molecule has 0 aromatic heterocycles. The fraction of sp³-hybridized carbons (Fsp3) is 0.533. The molecule has 0 aliphatic rings. The molecule has 19 heavy (non-hydrogen) atoms. The summed E-state index contributed by atoms with van der Waals surface area (Å²) in [6.07, 6.45) is 2.15. The minimum atomic E-state index is 0.0642. The number of carbonyl (C=O) groups excluding carboxylic acids is 1. The Kier molecular flexibility index (Phi) is 6.78. The fourth-order valence-corrected chi connectivity index (χ4v) is 2.37. The molecule has 0 aliphatic heterocycles. The van der Waals surface area contributed by atoms with Crippen LogP contribution in [0.15, 0.2) is 29.2 Å². The first kappa shape index (κ1) is 15.9. The Labute approximate surface area is 119 Å². The zero-order valence-corrected chi connectivity index (χ0v) is 12.7. The lowest BCUT2D eigenvalue weighted by molar-refractivity contribution is -0.119. The zero-order chi connectivity index (χ0) is 14.3.